The van der Waals surface area contributed by atoms with Crippen molar-refractivity contribution in [3.63, 3.8) is 0 Å². The number of nitrogens with zero attached hydrogens (tertiary/aromatic N) is 1. The summed E-state index contributed by atoms with van der Waals surface area (Å²) < 4.78 is 2.34. The lowest BCUT2D eigenvalue weighted by Crippen LogP contribution is -2.06. The van der Waals surface area contributed by atoms with Crippen LogP contribution in [0, 0.1) is 17.4 Å². The highest BCUT2D eigenvalue weighted by Gasteiger charge is 2.13. The minimum Gasteiger partial charge on any atom is -0.378 e. The van der Waals surface area contributed by atoms with Crippen LogP contribution < -0.4 is 5.32 Å². The number of anilines is 1. The molecule has 0 aliphatic carbocycles. The van der Waals surface area contributed by atoms with Gasteiger partial charge in [0.05, 0.1) is 16.7 Å². The van der Waals surface area contributed by atoms with Gasteiger partial charge in [-0.3, -0.25) is 0 Å². The molecular formula is C13H14BrIN2S. The number of nitrogens with one attached hydrogen (secondary N) is 1. The number of thiazole rings is 1. The van der Waals surface area contributed by atoms with Crippen LogP contribution in [0.5, 0.6) is 0 Å². The van der Waals surface area contributed by atoms with E-state index in [1.165, 1.54) is 8.45 Å². The van der Waals surface area contributed by atoms with Crippen LogP contribution in [0.3, 0.4) is 0 Å². The van der Waals surface area contributed by atoms with E-state index in [0.717, 1.165) is 20.9 Å². The molecule has 1 heterocycles. The molecule has 0 saturated heterocycles. The van der Waals surface area contributed by atoms with Gasteiger partial charge in [0.1, 0.15) is 0 Å². The van der Waals surface area contributed by atoms with Crippen molar-refractivity contribution in [1.29, 1.82) is 0 Å². The van der Waals surface area contributed by atoms with Crippen molar-refractivity contribution in [1.82, 2.24) is 4.98 Å². The second kappa shape index (κ2) is 5.88. The molecule has 2 rings (SSSR count). The maximum absolute atomic E-state index is 4.47. The van der Waals surface area contributed by atoms with Crippen molar-refractivity contribution in [3.05, 3.63) is 41.8 Å². The molecule has 0 fully saturated rings. The molecule has 1 N–H and O–H groups in total. The molecule has 0 spiro atoms. The normalized spacial score (nSPS) is 12.5. The third-order valence-electron chi connectivity index (χ3n) is 2.64. The third kappa shape index (κ3) is 3.24. The van der Waals surface area contributed by atoms with Crippen molar-refractivity contribution in [2.45, 2.75) is 26.8 Å². The van der Waals surface area contributed by atoms with Gasteiger partial charge in [-0.25, -0.2) is 4.98 Å². The van der Waals surface area contributed by atoms with Crippen molar-refractivity contribution < 1.29 is 0 Å². The second-order valence-corrected chi connectivity index (χ2v) is 7.43. The Kier molecular flexibility index (Phi) is 4.66. The molecule has 1 aromatic heterocycles. The molecule has 96 valence electrons. The lowest BCUT2D eigenvalue weighted by molar-refractivity contribution is 0.889. The summed E-state index contributed by atoms with van der Waals surface area (Å²) in [4.78, 5) is 5.79. The minimum atomic E-state index is 0.285. The van der Waals surface area contributed by atoms with Gasteiger partial charge in [-0.05, 0) is 77.5 Å². The first-order valence-electron chi connectivity index (χ1n) is 5.63. The minimum absolute atomic E-state index is 0.285. The molecule has 18 heavy (non-hydrogen) atoms. The summed E-state index contributed by atoms with van der Waals surface area (Å²) in [6.07, 6.45) is 0. The molecule has 1 aromatic carbocycles. The van der Waals surface area contributed by atoms with E-state index in [-0.39, 0.29) is 6.04 Å². The van der Waals surface area contributed by atoms with Crippen LogP contribution in [-0.4, -0.2) is 4.98 Å². The number of benzene rings is 1. The van der Waals surface area contributed by atoms with Gasteiger partial charge in [-0.15, -0.1) is 11.3 Å². The van der Waals surface area contributed by atoms with Crippen LogP contribution in [0.15, 0.2) is 22.7 Å². The zero-order chi connectivity index (χ0) is 13.3. The molecule has 1 atom stereocenters. The summed E-state index contributed by atoms with van der Waals surface area (Å²) in [5.74, 6) is 0. The maximum atomic E-state index is 4.47. The summed E-state index contributed by atoms with van der Waals surface area (Å²) in [5.41, 5.74) is 2.27. The maximum Gasteiger partial charge on any atom is 0.0900 e. The Hall–Kier alpha value is -0.140. The Labute approximate surface area is 133 Å². The topological polar surface area (TPSA) is 24.9 Å². The first kappa shape index (κ1) is 14.3. The number of hydrogen-bond donors (Lipinski definition) is 1. The molecule has 2 aromatic rings. The number of aryl methyl sites for hydroxylation is 2. The molecule has 0 saturated carbocycles. The second-order valence-electron chi connectivity index (χ2n) is 4.18. The molecule has 5 heteroatoms. The van der Waals surface area contributed by atoms with Crippen LogP contribution in [0.25, 0.3) is 0 Å². The summed E-state index contributed by atoms with van der Waals surface area (Å²) in [5, 5.41) is 4.65. The van der Waals surface area contributed by atoms with E-state index in [2.05, 4.69) is 87.8 Å². The van der Waals surface area contributed by atoms with Crippen molar-refractivity contribution in [2.24, 2.45) is 0 Å². The molecule has 0 amide bonds. The standard InChI is InChI=1S/C13H14BrIN2S/c1-7-13(18-9(3)16-7)8(2)17-10-4-5-11(14)12(15)6-10/h4-6,8,17H,1-3H3. The van der Waals surface area contributed by atoms with Crippen molar-refractivity contribution in [2.75, 3.05) is 5.32 Å². The zero-order valence-corrected chi connectivity index (χ0v) is 15.0. The molecule has 0 aliphatic rings. The fraction of sp³-hybridized carbons (Fsp3) is 0.308. The number of rotatable bonds is 3. The van der Waals surface area contributed by atoms with E-state index in [1.54, 1.807) is 11.3 Å². The van der Waals surface area contributed by atoms with Gasteiger partial charge in [-0.2, -0.15) is 0 Å². The van der Waals surface area contributed by atoms with Crippen LogP contribution in [0.2, 0.25) is 0 Å². The summed E-state index contributed by atoms with van der Waals surface area (Å²) >= 11 is 7.60. The number of aromatic nitrogens is 1. The molecule has 1 unspecified atom stereocenters. The fourth-order valence-electron chi connectivity index (χ4n) is 1.85. The van der Waals surface area contributed by atoms with E-state index in [0.29, 0.717) is 0 Å². The van der Waals surface area contributed by atoms with Crippen LogP contribution >= 0.6 is 49.9 Å². The van der Waals surface area contributed by atoms with Crippen molar-refractivity contribution >= 4 is 55.5 Å². The smallest absolute Gasteiger partial charge is 0.0900 e. The van der Waals surface area contributed by atoms with Crippen LogP contribution in [0.1, 0.15) is 28.5 Å². The molecule has 0 aliphatic heterocycles. The fourth-order valence-corrected chi connectivity index (χ4v) is 3.54. The van der Waals surface area contributed by atoms with Gasteiger partial charge < -0.3 is 5.32 Å². The Bertz CT molecular complexity index is 568. The zero-order valence-electron chi connectivity index (χ0n) is 10.4. The Morgan fingerprint density at radius 3 is 2.67 bits per heavy atom. The molecule has 2 nitrogen and oxygen atoms in total. The highest BCUT2D eigenvalue weighted by molar-refractivity contribution is 14.1. The molecule has 0 bridgehead atoms. The molecule has 0 radical (unpaired) electrons. The summed E-state index contributed by atoms with van der Waals surface area (Å²) in [7, 11) is 0. The number of hydrogen-bond acceptors (Lipinski definition) is 3. The predicted molar refractivity (Wildman–Crippen MR) is 90.5 cm³/mol. The van der Waals surface area contributed by atoms with Crippen LogP contribution in [-0.2, 0) is 0 Å². The van der Waals surface area contributed by atoms with E-state index < -0.39 is 0 Å². The Morgan fingerprint density at radius 1 is 1.39 bits per heavy atom. The average Bonchev–Trinajstić information content (AvgIpc) is 2.63. The largest absolute Gasteiger partial charge is 0.378 e. The lowest BCUT2D eigenvalue weighted by Gasteiger charge is -2.15. The van der Waals surface area contributed by atoms with Gasteiger partial charge >= 0.3 is 0 Å². The highest BCUT2D eigenvalue weighted by atomic mass is 127. The third-order valence-corrected chi connectivity index (χ3v) is 6.22. The Balaban J connectivity index is 2.18. The summed E-state index contributed by atoms with van der Waals surface area (Å²) in [6.45, 7) is 6.30. The van der Waals surface area contributed by atoms with Crippen molar-refractivity contribution in [3.8, 4) is 0 Å². The van der Waals surface area contributed by atoms with Crippen LogP contribution in [0.4, 0.5) is 5.69 Å². The van der Waals surface area contributed by atoms with E-state index in [9.17, 15) is 0 Å². The predicted octanol–water partition coefficient (Wildman–Crippen LogP) is 5.30. The van der Waals surface area contributed by atoms with E-state index in [4.69, 9.17) is 0 Å². The van der Waals surface area contributed by atoms with Gasteiger partial charge in [0.2, 0.25) is 0 Å². The highest BCUT2D eigenvalue weighted by Crippen LogP contribution is 2.29. The van der Waals surface area contributed by atoms with Gasteiger partial charge in [0.25, 0.3) is 0 Å². The van der Waals surface area contributed by atoms with Gasteiger partial charge in [0, 0.05) is 18.6 Å². The first-order chi connectivity index (χ1) is 8.47. The Morgan fingerprint density at radius 2 is 2.11 bits per heavy atom. The lowest BCUT2D eigenvalue weighted by atomic mass is 10.2. The van der Waals surface area contributed by atoms with Gasteiger partial charge in [0.15, 0.2) is 0 Å². The monoisotopic (exact) mass is 436 g/mol. The van der Waals surface area contributed by atoms with Gasteiger partial charge in [-0.1, -0.05) is 0 Å². The average molecular weight is 437 g/mol. The number of halogens is 2. The first-order valence-corrected chi connectivity index (χ1v) is 8.31. The molecular weight excluding hydrogens is 423 g/mol. The van der Waals surface area contributed by atoms with E-state index >= 15 is 0 Å². The SMILES string of the molecule is Cc1nc(C)c(C(C)Nc2ccc(Br)c(I)c2)s1. The summed E-state index contributed by atoms with van der Waals surface area (Å²) in [6, 6.07) is 6.59. The quantitative estimate of drug-likeness (QED) is 0.660. The van der Waals surface area contributed by atoms with E-state index in [1.807, 2.05) is 0 Å².